The van der Waals surface area contributed by atoms with Gasteiger partial charge in [0.1, 0.15) is 10.4 Å². The number of benzene rings is 1. The molecule has 0 radical (unpaired) electrons. The van der Waals surface area contributed by atoms with Crippen LogP contribution in [0.5, 0.6) is 0 Å². The summed E-state index contributed by atoms with van der Waals surface area (Å²) in [7, 11) is 0. The number of hydrogen-bond donors (Lipinski definition) is 1. The van der Waals surface area contributed by atoms with E-state index in [0.717, 1.165) is 16.9 Å². The molecule has 1 N–H and O–H groups in total. The zero-order valence-corrected chi connectivity index (χ0v) is 14.1. The summed E-state index contributed by atoms with van der Waals surface area (Å²) in [5.41, 5.74) is 1.01. The lowest BCUT2D eigenvalue weighted by Gasteiger charge is -2.04. The molecule has 1 amide bonds. The van der Waals surface area contributed by atoms with Crippen molar-refractivity contribution < 1.29 is 19.1 Å². The predicted octanol–water partition coefficient (Wildman–Crippen LogP) is 3.83. The quantitative estimate of drug-likeness (QED) is 0.792. The van der Waals surface area contributed by atoms with Crippen LogP contribution in [0.4, 0.5) is 9.93 Å². The second kappa shape index (κ2) is 7.90. The van der Waals surface area contributed by atoms with Gasteiger partial charge >= 0.3 is 12.1 Å². The van der Waals surface area contributed by atoms with Crippen molar-refractivity contribution in [2.24, 2.45) is 0 Å². The number of halogens is 1. The molecule has 1 aromatic heterocycles. The molecule has 1 heterocycles. The van der Waals surface area contributed by atoms with Gasteiger partial charge < -0.3 is 9.47 Å². The summed E-state index contributed by atoms with van der Waals surface area (Å²) < 4.78 is 10.4. The number of ether oxygens (including phenoxy) is 2. The number of nitrogens with zero attached hydrogens (tertiary/aromatic N) is 1. The van der Waals surface area contributed by atoms with E-state index in [1.807, 2.05) is 30.3 Å². The van der Waals surface area contributed by atoms with Crippen molar-refractivity contribution in [1.82, 2.24) is 4.98 Å². The summed E-state index contributed by atoms with van der Waals surface area (Å²) >= 11 is 4.33. The van der Waals surface area contributed by atoms with E-state index in [-0.39, 0.29) is 24.0 Å². The average molecular weight is 385 g/mol. The van der Waals surface area contributed by atoms with Gasteiger partial charge in [0, 0.05) is 0 Å². The van der Waals surface area contributed by atoms with Crippen molar-refractivity contribution >= 4 is 44.5 Å². The van der Waals surface area contributed by atoms with Crippen LogP contribution in [0.3, 0.4) is 0 Å². The molecule has 0 saturated heterocycles. The summed E-state index contributed by atoms with van der Waals surface area (Å²) in [4.78, 5) is 27.3. The Bertz CT molecular complexity index is 660. The Morgan fingerprint density at radius 1 is 1.27 bits per heavy atom. The maximum atomic E-state index is 11.7. The molecule has 2 rings (SSSR count). The summed E-state index contributed by atoms with van der Waals surface area (Å²) in [6, 6.07) is 9.31. The number of esters is 1. The predicted molar refractivity (Wildman–Crippen MR) is 86.0 cm³/mol. The monoisotopic (exact) mass is 384 g/mol. The van der Waals surface area contributed by atoms with Crippen LogP contribution in [-0.4, -0.2) is 23.7 Å². The summed E-state index contributed by atoms with van der Waals surface area (Å²) in [6.45, 7) is 2.12. The van der Waals surface area contributed by atoms with Crippen molar-refractivity contribution in [3.05, 3.63) is 45.4 Å². The highest BCUT2D eigenvalue weighted by molar-refractivity contribution is 9.11. The average Bonchev–Trinajstić information content (AvgIpc) is 2.87. The first-order valence-electron chi connectivity index (χ1n) is 6.41. The molecule has 0 aliphatic rings. The molecular formula is C14H13BrN2O4S. The Labute approximate surface area is 139 Å². The van der Waals surface area contributed by atoms with Gasteiger partial charge in [0.05, 0.1) is 6.61 Å². The Kier molecular flexibility index (Phi) is 5.91. The zero-order valence-electron chi connectivity index (χ0n) is 11.7. The zero-order chi connectivity index (χ0) is 15.9. The maximum Gasteiger partial charge on any atom is 0.413 e. The molecule has 0 aliphatic carbocycles. The van der Waals surface area contributed by atoms with E-state index >= 15 is 0 Å². The van der Waals surface area contributed by atoms with Crippen LogP contribution in [0.15, 0.2) is 34.1 Å². The Morgan fingerprint density at radius 2 is 2.00 bits per heavy atom. The number of carbonyl (C=O) groups excluding carboxylic acids is 2. The molecule has 6 nitrogen and oxygen atoms in total. The van der Waals surface area contributed by atoms with Crippen molar-refractivity contribution in [2.75, 3.05) is 11.9 Å². The topological polar surface area (TPSA) is 77.5 Å². The highest BCUT2D eigenvalue weighted by atomic mass is 79.9. The molecule has 0 unspecified atom stereocenters. The molecule has 0 aliphatic heterocycles. The van der Waals surface area contributed by atoms with Gasteiger partial charge in [-0.15, -0.1) is 0 Å². The van der Waals surface area contributed by atoms with Gasteiger partial charge in [-0.1, -0.05) is 41.7 Å². The third kappa shape index (κ3) is 4.54. The second-order valence-electron chi connectivity index (χ2n) is 4.05. The first kappa shape index (κ1) is 16.4. The van der Waals surface area contributed by atoms with E-state index < -0.39 is 12.1 Å². The van der Waals surface area contributed by atoms with E-state index in [2.05, 4.69) is 26.2 Å². The van der Waals surface area contributed by atoms with Gasteiger partial charge in [0.2, 0.25) is 0 Å². The standard InChI is InChI=1S/C14H13BrN2O4S/c1-2-20-12(18)10-11(15)22-13(16-10)17-14(19)21-8-9-6-4-3-5-7-9/h3-7H,2,8H2,1H3,(H,16,17,19). The van der Waals surface area contributed by atoms with Crippen molar-refractivity contribution in [1.29, 1.82) is 0 Å². The van der Waals surface area contributed by atoms with Gasteiger partial charge in [0.25, 0.3) is 0 Å². The summed E-state index contributed by atoms with van der Waals surface area (Å²) in [6.07, 6.45) is -0.638. The molecule has 1 aromatic carbocycles. The van der Waals surface area contributed by atoms with Gasteiger partial charge in [0.15, 0.2) is 10.8 Å². The van der Waals surface area contributed by atoms with Crippen LogP contribution in [0.25, 0.3) is 0 Å². The van der Waals surface area contributed by atoms with Crippen LogP contribution in [0.2, 0.25) is 0 Å². The van der Waals surface area contributed by atoms with Crippen LogP contribution in [-0.2, 0) is 16.1 Å². The molecule has 22 heavy (non-hydrogen) atoms. The summed E-state index contributed by atoms with van der Waals surface area (Å²) in [5.74, 6) is -0.545. The Balaban J connectivity index is 1.92. The lowest BCUT2D eigenvalue weighted by atomic mass is 10.2. The first-order valence-corrected chi connectivity index (χ1v) is 8.02. The van der Waals surface area contributed by atoms with Gasteiger partial charge in [-0.05, 0) is 28.4 Å². The number of nitrogens with one attached hydrogen (secondary N) is 1. The van der Waals surface area contributed by atoms with Gasteiger partial charge in [-0.3, -0.25) is 5.32 Å². The van der Waals surface area contributed by atoms with Crippen molar-refractivity contribution in [2.45, 2.75) is 13.5 Å². The number of hydrogen-bond acceptors (Lipinski definition) is 6. The molecular weight excluding hydrogens is 372 g/mol. The fourth-order valence-corrected chi connectivity index (χ4v) is 2.90. The second-order valence-corrected chi connectivity index (χ2v) is 6.37. The highest BCUT2D eigenvalue weighted by Gasteiger charge is 2.19. The van der Waals surface area contributed by atoms with Crippen molar-refractivity contribution in [3.63, 3.8) is 0 Å². The Hall–Kier alpha value is -1.93. The minimum atomic E-state index is -0.638. The normalized spacial score (nSPS) is 10.1. The molecule has 0 saturated carbocycles. The number of rotatable bonds is 5. The van der Waals surface area contributed by atoms with Crippen LogP contribution >= 0.6 is 27.3 Å². The van der Waals surface area contributed by atoms with E-state index in [4.69, 9.17) is 9.47 Å². The van der Waals surface area contributed by atoms with Gasteiger partial charge in [-0.2, -0.15) is 0 Å². The molecule has 2 aromatic rings. The largest absolute Gasteiger partial charge is 0.461 e. The maximum absolute atomic E-state index is 11.7. The fourth-order valence-electron chi connectivity index (χ4n) is 1.53. The molecule has 0 fully saturated rings. The third-order valence-corrected chi connectivity index (χ3v) is 4.10. The molecule has 116 valence electrons. The minimum absolute atomic E-state index is 0.130. The third-order valence-electron chi connectivity index (χ3n) is 2.48. The van der Waals surface area contributed by atoms with Crippen LogP contribution in [0.1, 0.15) is 23.0 Å². The van der Waals surface area contributed by atoms with E-state index in [0.29, 0.717) is 3.79 Å². The molecule has 0 spiro atoms. The highest BCUT2D eigenvalue weighted by Crippen LogP contribution is 2.29. The number of aromatic nitrogens is 1. The minimum Gasteiger partial charge on any atom is -0.461 e. The van der Waals surface area contributed by atoms with E-state index in [9.17, 15) is 9.59 Å². The summed E-state index contributed by atoms with van der Waals surface area (Å²) in [5, 5.41) is 2.74. The van der Waals surface area contributed by atoms with E-state index in [1.165, 1.54) is 0 Å². The smallest absolute Gasteiger partial charge is 0.413 e. The number of anilines is 1. The molecule has 0 atom stereocenters. The first-order chi connectivity index (χ1) is 10.6. The van der Waals surface area contributed by atoms with Gasteiger partial charge in [-0.25, -0.2) is 14.6 Å². The van der Waals surface area contributed by atoms with E-state index in [1.54, 1.807) is 6.92 Å². The van der Waals surface area contributed by atoms with Crippen LogP contribution < -0.4 is 5.32 Å². The fraction of sp³-hybridized carbons (Fsp3) is 0.214. The lowest BCUT2D eigenvalue weighted by Crippen LogP contribution is -2.13. The number of carbonyl (C=O) groups is 2. The SMILES string of the molecule is CCOC(=O)c1nc(NC(=O)OCc2ccccc2)sc1Br. The Morgan fingerprint density at radius 3 is 2.68 bits per heavy atom. The number of amides is 1. The molecule has 8 heteroatoms. The van der Waals surface area contributed by atoms with Crippen molar-refractivity contribution in [3.8, 4) is 0 Å². The van der Waals surface area contributed by atoms with Crippen LogP contribution in [0, 0.1) is 0 Å². The molecule has 0 bridgehead atoms. The number of thiazole rings is 1. The lowest BCUT2D eigenvalue weighted by molar-refractivity contribution is 0.0519.